The summed E-state index contributed by atoms with van der Waals surface area (Å²) in [5.41, 5.74) is -1.92. The maximum atomic E-state index is 13.1. The van der Waals surface area contributed by atoms with Crippen molar-refractivity contribution in [1.82, 2.24) is 9.78 Å². The average Bonchev–Trinajstić information content (AvgIpc) is 3.06. The number of carbonyl (C=O) groups excluding carboxylic acids is 1. The number of ether oxygens (including phenoxy) is 1. The van der Waals surface area contributed by atoms with E-state index >= 15 is 0 Å². The van der Waals surface area contributed by atoms with Gasteiger partial charge in [0.1, 0.15) is 23.7 Å². The average molecular weight is 496 g/mol. The van der Waals surface area contributed by atoms with Crippen molar-refractivity contribution in [1.29, 1.82) is 0 Å². The highest BCUT2D eigenvalue weighted by Gasteiger charge is 2.31. The zero-order chi connectivity index (χ0) is 25.2. The molecule has 1 N–H and O–H groups in total. The Bertz CT molecular complexity index is 1300. The van der Waals surface area contributed by atoms with Crippen LogP contribution in [0.1, 0.15) is 23.4 Å². The number of alkyl halides is 2. The van der Waals surface area contributed by atoms with E-state index in [0.29, 0.717) is 16.3 Å². The van der Waals surface area contributed by atoms with Crippen LogP contribution >= 0.6 is 11.6 Å². The van der Waals surface area contributed by atoms with Crippen LogP contribution < -0.4 is 10.1 Å². The van der Waals surface area contributed by atoms with E-state index in [4.69, 9.17) is 16.3 Å². The number of carbonyl (C=O) groups is 1. The first kappa shape index (κ1) is 24.5. The Kier molecular flexibility index (Phi) is 7.05. The number of aryl methyl sites for hydroxylation is 1. The molecule has 11 nitrogen and oxygen atoms in total. The second kappa shape index (κ2) is 9.79. The summed E-state index contributed by atoms with van der Waals surface area (Å²) in [4.78, 5) is 33.2. The summed E-state index contributed by atoms with van der Waals surface area (Å²) >= 11 is 5.91. The van der Waals surface area contributed by atoms with Gasteiger partial charge in [-0.25, -0.2) is 8.78 Å². The molecule has 3 rings (SSSR count). The molecule has 0 bridgehead atoms. The molecule has 1 heterocycles. The molecule has 0 saturated carbocycles. The predicted molar refractivity (Wildman–Crippen MR) is 117 cm³/mol. The van der Waals surface area contributed by atoms with Crippen molar-refractivity contribution >= 4 is 34.6 Å². The summed E-state index contributed by atoms with van der Waals surface area (Å²) < 4.78 is 32.6. The number of nitrogens with one attached hydrogen (secondary N) is 1. The number of amides is 1. The molecule has 0 fully saturated rings. The second-order valence-corrected chi connectivity index (χ2v) is 7.50. The van der Waals surface area contributed by atoms with Gasteiger partial charge in [0.2, 0.25) is 11.6 Å². The molecule has 34 heavy (non-hydrogen) atoms. The minimum Gasteiger partial charge on any atom is -0.457 e. The Balaban J connectivity index is 1.86. The summed E-state index contributed by atoms with van der Waals surface area (Å²) in [6, 6.07) is 8.33. The fourth-order valence-corrected chi connectivity index (χ4v) is 3.32. The summed E-state index contributed by atoms with van der Waals surface area (Å²) in [6.07, 6.45) is -3.21. The van der Waals surface area contributed by atoms with Crippen LogP contribution in [0.2, 0.25) is 5.02 Å². The Hall–Kier alpha value is -4.13. The topological polar surface area (TPSA) is 142 Å². The standard InChI is InChI=1S/C20H16ClF2N5O6/c1-10-5-12(21)3-4-16(10)34-15-7-13(6-14(8-15)27(30)31)24-17(29)9-26-11(2)19(28(32)33)18(25-26)20(22)23/h3-8,20H,9H2,1-2H3,(H,24,29). The molecule has 0 radical (unpaired) electrons. The van der Waals surface area contributed by atoms with Gasteiger partial charge in [-0.3, -0.25) is 29.7 Å². The van der Waals surface area contributed by atoms with Crippen molar-refractivity contribution in [3.63, 3.8) is 0 Å². The van der Waals surface area contributed by atoms with Gasteiger partial charge in [0.15, 0.2) is 0 Å². The van der Waals surface area contributed by atoms with E-state index < -0.39 is 40.1 Å². The molecule has 0 aliphatic carbocycles. The van der Waals surface area contributed by atoms with E-state index in [1.54, 1.807) is 25.1 Å². The maximum Gasteiger partial charge on any atom is 0.319 e. The number of nitro groups is 2. The highest BCUT2D eigenvalue weighted by atomic mass is 35.5. The fourth-order valence-electron chi connectivity index (χ4n) is 3.10. The molecule has 0 atom stereocenters. The third-order valence-corrected chi connectivity index (χ3v) is 4.87. The van der Waals surface area contributed by atoms with Crippen molar-refractivity contribution in [2.24, 2.45) is 0 Å². The van der Waals surface area contributed by atoms with Gasteiger partial charge in [0, 0.05) is 17.2 Å². The molecular formula is C20H16ClF2N5O6. The van der Waals surface area contributed by atoms with Crippen LogP contribution in [0.25, 0.3) is 0 Å². The number of nitro benzene ring substituents is 1. The van der Waals surface area contributed by atoms with Crippen LogP contribution in [-0.2, 0) is 11.3 Å². The largest absolute Gasteiger partial charge is 0.457 e. The van der Waals surface area contributed by atoms with Gasteiger partial charge < -0.3 is 10.1 Å². The first-order chi connectivity index (χ1) is 16.0. The minimum absolute atomic E-state index is 0.0193. The maximum absolute atomic E-state index is 13.1. The Labute approximate surface area is 195 Å². The highest BCUT2D eigenvalue weighted by molar-refractivity contribution is 6.30. The van der Waals surface area contributed by atoms with Gasteiger partial charge in [0.25, 0.3) is 12.1 Å². The molecule has 1 amide bonds. The third-order valence-electron chi connectivity index (χ3n) is 4.63. The van der Waals surface area contributed by atoms with Crippen LogP contribution in [0.5, 0.6) is 11.5 Å². The number of benzene rings is 2. The summed E-state index contributed by atoms with van der Waals surface area (Å²) in [5.74, 6) is -0.391. The number of nitrogens with zero attached hydrogens (tertiary/aromatic N) is 4. The highest BCUT2D eigenvalue weighted by Crippen LogP contribution is 2.33. The molecule has 1 aromatic heterocycles. The second-order valence-electron chi connectivity index (χ2n) is 7.07. The van der Waals surface area contributed by atoms with E-state index in [9.17, 15) is 33.8 Å². The van der Waals surface area contributed by atoms with Gasteiger partial charge in [-0.05, 0) is 37.6 Å². The minimum atomic E-state index is -3.21. The first-order valence-electron chi connectivity index (χ1n) is 9.49. The molecule has 2 aromatic carbocycles. The van der Waals surface area contributed by atoms with E-state index in [1.807, 2.05) is 0 Å². The number of rotatable bonds is 8. The molecule has 0 aliphatic rings. The van der Waals surface area contributed by atoms with Crippen molar-refractivity contribution in [2.45, 2.75) is 26.8 Å². The molecule has 3 aromatic rings. The number of hydrogen-bond acceptors (Lipinski definition) is 7. The van der Waals surface area contributed by atoms with Crippen molar-refractivity contribution in [2.75, 3.05) is 5.32 Å². The zero-order valence-electron chi connectivity index (χ0n) is 17.6. The third kappa shape index (κ3) is 5.43. The zero-order valence-corrected chi connectivity index (χ0v) is 18.4. The van der Waals surface area contributed by atoms with Crippen LogP contribution in [0.4, 0.5) is 25.8 Å². The molecular weight excluding hydrogens is 480 g/mol. The van der Waals surface area contributed by atoms with Crippen LogP contribution in [0, 0.1) is 34.1 Å². The molecule has 0 saturated heterocycles. The molecule has 0 unspecified atom stereocenters. The number of hydrogen-bond donors (Lipinski definition) is 1. The summed E-state index contributed by atoms with van der Waals surface area (Å²) in [7, 11) is 0. The van der Waals surface area contributed by atoms with Crippen molar-refractivity contribution in [3.05, 3.63) is 78.6 Å². The Morgan fingerprint density at radius 3 is 2.44 bits per heavy atom. The lowest BCUT2D eigenvalue weighted by atomic mass is 10.2. The molecule has 0 spiro atoms. The summed E-state index contributed by atoms with van der Waals surface area (Å²) in [5, 5.41) is 28.8. The lowest BCUT2D eigenvalue weighted by Gasteiger charge is -2.11. The van der Waals surface area contributed by atoms with Crippen molar-refractivity contribution in [3.8, 4) is 11.5 Å². The lowest BCUT2D eigenvalue weighted by molar-refractivity contribution is -0.386. The number of non-ortho nitro benzene ring substituents is 1. The van der Waals surface area contributed by atoms with Gasteiger partial charge >= 0.3 is 5.69 Å². The van der Waals surface area contributed by atoms with Crippen LogP contribution in [0.15, 0.2) is 36.4 Å². The lowest BCUT2D eigenvalue weighted by Crippen LogP contribution is -2.20. The molecule has 178 valence electrons. The monoisotopic (exact) mass is 495 g/mol. The first-order valence-corrected chi connectivity index (χ1v) is 9.87. The number of aromatic nitrogens is 2. The van der Waals surface area contributed by atoms with Crippen LogP contribution in [-0.4, -0.2) is 25.5 Å². The Morgan fingerprint density at radius 2 is 1.88 bits per heavy atom. The van der Waals surface area contributed by atoms with Crippen LogP contribution in [0.3, 0.4) is 0 Å². The van der Waals surface area contributed by atoms with E-state index in [-0.39, 0.29) is 22.8 Å². The van der Waals surface area contributed by atoms with E-state index in [2.05, 4.69) is 10.4 Å². The van der Waals surface area contributed by atoms with Crippen molar-refractivity contribution < 1.29 is 28.2 Å². The number of halogens is 3. The quantitative estimate of drug-likeness (QED) is 0.328. The normalized spacial score (nSPS) is 10.9. The number of anilines is 1. The Morgan fingerprint density at radius 1 is 1.18 bits per heavy atom. The van der Waals surface area contributed by atoms with Gasteiger partial charge in [-0.2, -0.15) is 5.10 Å². The van der Waals surface area contributed by atoms with Gasteiger partial charge in [-0.15, -0.1) is 0 Å². The van der Waals surface area contributed by atoms with Gasteiger partial charge in [0.05, 0.1) is 21.6 Å². The molecule has 0 aliphatic heterocycles. The fraction of sp³-hybridized carbons (Fsp3) is 0.200. The van der Waals surface area contributed by atoms with Gasteiger partial charge in [-0.1, -0.05) is 11.6 Å². The predicted octanol–water partition coefficient (Wildman–Crippen LogP) is 5.34. The smallest absolute Gasteiger partial charge is 0.319 e. The SMILES string of the molecule is Cc1cc(Cl)ccc1Oc1cc(NC(=O)Cn2nc(C(F)F)c([N+](=O)[O-])c2C)cc([N+](=O)[O-])c1. The van der Waals surface area contributed by atoms with E-state index in [1.165, 1.54) is 13.0 Å². The van der Waals surface area contributed by atoms with E-state index in [0.717, 1.165) is 16.8 Å². The summed E-state index contributed by atoms with van der Waals surface area (Å²) in [6.45, 7) is 2.26. The molecule has 14 heteroatoms.